The van der Waals surface area contributed by atoms with Crippen molar-refractivity contribution in [2.45, 2.75) is 19.3 Å². The van der Waals surface area contributed by atoms with Gasteiger partial charge < -0.3 is 9.80 Å². The van der Waals surface area contributed by atoms with Gasteiger partial charge in [0.15, 0.2) is 0 Å². The van der Waals surface area contributed by atoms with Crippen LogP contribution in [-0.4, -0.2) is 48.6 Å². The van der Waals surface area contributed by atoms with Crippen LogP contribution in [0.4, 0.5) is 5.95 Å². The van der Waals surface area contributed by atoms with Crippen LogP contribution in [0.25, 0.3) is 0 Å². The lowest BCUT2D eigenvalue weighted by Gasteiger charge is -2.15. The molecule has 1 aromatic rings. The molecular weight excluding hydrogens is 200 g/mol. The van der Waals surface area contributed by atoms with Crippen molar-refractivity contribution in [2.75, 3.05) is 38.6 Å². The van der Waals surface area contributed by atoms with E-state index >= 15 is 0 Å². The fourth-order valence-electron chi connectivity index (χ4n) is 2.17. The van der Waals surface area contributed by atoms with Crippen LogP contribution < -0.4 is 4.90 Å². The third kappa shape index (κ3) is 2.32. The lowest BCUT2D eigenvalue weighted by Crippen LogP contribution is -2.20. The minimum absolute atomic E-state index is 0.585. The number of likely N-dealkylation sites (tertiary alicyclic amines) is 1. The highest BCUT2D eigenvalue weighted by atomic mass is 15.2. The van der Waals surface area contributed by atoms with E-state index < -0.39 is 0 Å². The summed E-state index contributed by atoms with van der Waals surface area (Å²) in [5, 5.41) is 0. The van der Waals surface area contributed by atoms with Crippen molar-refractivity contribution < 1.29 is 0 Å². The number of hydrogen-bond acceptors (Lipinski definition) is 4. The molecule has 1 saturated heterocycles. The lowest BCUT2D eigenvalue weighted by molar-refractivity contribution is 0.353. The number of likely N-dealkylation sites (N-methyl/N-ethyl adjacent to an activating group) is 1. The van der Waals surface area contributed by atoms with Crippen LogP contribution in [-0.2, 0) is 0 Å². The molecule has 4 nitrogen and oxygen atoms in total. The van der Waals surface area contributed by atoms with Gasteiger partial charge in [-0.2, -0.15) is 0 Å². The fourth-order valence-corrected chi connectivity index (χ4v) is 2.17. The molecule has 0 amide bonds. The summed E-state index contributed by atoms with van der Waals surface area (Å²) in [4.78, 5) is 13.3. The van der Waals surface area contributed by atoms with Crippen molar-refractivity contribution in [3.8, 4) is 0 Å². The molecule has 2 rings (SSSR count). The highest BCUT2D eigenvalue weighted by Crippen LogP contribution is 2.25. The molecule has 0 bridgehead atoms. The number of nitrogens with zero attached hydrogens (tertiary/aromatic N) is 4. The van der Waals surface area contributed by atoms with Crippen LogP contribution in [0.15, 0.2) is 12.3 Å². The Hall–Kier alpha value is -1.16. The van der Waals surface area contributed by atoms with E-state index in [1.54, 1.807) is 0 Å². The molecule has 0 aliphatic carbocycles. The molecule has 0 saturated carbocycles. The molecule has 0 radical (unpaired) electrons. The molecule has 1 aliphatic rings. The number of hydrogen-bond donors (Lipinski definition) is 0. The van der Waals surface area contributed by atoms with Crippen molar-refractivity contribution >= 4 is 5.95 Å². The third-order valence-electron chi connectivity index (χ3n) is 3.20. The van der Waals surface area contributed by atoms with E-state index in [4.69, 9.17) is 0 Å². The molecule has 0 aromatic carbocycles. The van der Waals surface area contributed by atoms with E-state index in [-0.39, 0.29) is 0 Å². The second-order valence-electron chi connectivity index (χ2n) is 4.55. The molecule has 0 unspecified atom stereocenters. The molecule has 0 spiro atoms. The van der Waals surface area contributed by atoms with Crippen molar-refractivity contribution in [1.29, 1.82) is 0 Å². The summed E-state index contributed by atoms with van der Waals surface area (Å²) in [6.07, 6.45) is 3.09. The first-order valence-electron chi connectivity index (χ1n) is 5.93. The standard InChI is InChI=1S/C12H20N4/c1-4-16-8-6-10(9-16)11-5-7-13-12(14-11)15(2)3/h5,7,10H,4,6,8-9H2,1-3H3/t10-/m0/s1. The molecular formula is C12H20N4. The summed E-state index contributed by atoms with van der Waals surface area (Å²) in [5.41, 5.74) is 1.19. The SMILES string of the molecule is CCN1CC[C@H](c2ccnc(N(C)C)n2)C1. The molecule has 2 heterocycles. The summed E-state index contributed by atoms with van der Waals surface area (Å²) in [6.45, 7) is 5.69. The Morgan fingerprint density at radius 1 is 1.50 bits per heavy atom. The Kier molecular flexibility index (Phi) is 3.39. The van der Waals surface area contributed by atoms with Crippen LogP contribution in [0.2, 0.25) is 0 Å². The average Bonchev–Trinajstić information content (AvgIpc) is 2.77. The molecule has 0 N–H and O–H groups in total. The first-order valence-corrected chi connectivity index (χ1v) is 5.93. The van der Waals surface area contributed by atoms with E-state index in [0.29, 0.717) is 5.92 Å². The Bertz CT molecular complexity index is 351. The molecule has 4 heteroatoms. The van der Waals surface area contributed by atoms with E-state index in [9.17, 15) is 0 Å². The minimum Gasteiger partial charge on any atom is -0.347 e. The first-order chi connectivity index (χ1) is 7.70. The summed E-state index contributed by atoms with van der Waals surface area (Å²) < 4.78 is 0. The maximum Gasteiger partial charge on any atom is 0.224 e. The van der Waals surface area contributed by atoms with E-state index in [1.165, 1.54) is 18.7 Å². The van der Waals surface area contributed by atoms with Gasteiger partial charge in [0.05, 0.1) is 5.69 Å². The van der Waals surface area contributed by atoms with Crippen molar-refractivity contribution in [1.82, 2.24) is 14.9 Å². The van der Waals surface area contributed by atoms with Gasteiger partial charge in [0.2, 0.25) is 5.95 Å². The third-order valence-corrected chi connectivity index (χ3v) is 3.20. The predicted molar refractivity (Wildman–Crippen MR) is 65.8 cm³/mol. The van der Waals surface area contributed by atoms with Crippen molar-refractivity contribution in [2.24, 2.45) is 0 Å². The van der Waals surface area contributed by atoms with Gasteiger partial charge in [-0.1, -0.05) is 6.92 Å². The van der Waals surface area contributed by atoms with Gasteiger partial charge in [0, 0.05) is 32.8 Å². The monoisotopic (exact) mass is 220 g/mol. The highest BCUT2D eigenvalue weighted by Gasteiger charge is 2.23. The highest BCUT2D eigenvalue weighted by molar-refractivity contribution is 5.28. The number of anilines is 1. The minimum atomic E-state index is 0.585. The van der Waals surface area contributed by atoms with Gasteiger partial charge in [0.1, 0.15) is 0 Å². The molecule has 1 aromatic heterocycles. The van der Waals surface area contributed by atoms with Gasteiger partial charge in [-0.15, -0.1) is 0 Å². The average molecular weight is 220 g/mol. The normalized spacial score (nSPS) is 21.3. The zero-order valence-corrected chi connectivity index (χ0v) is 10.3. The van der Waals surface area contributed by atoms with Gasteiger partial charge in [-0.05, 0) is 25.6 Å². The number of rotatable bonds is 3. The van der Waals surface area contributed by atoms with Crippen LogP contribution in [0.3, 0.4) is 0 Å². The second-order valence-corrected chi connectivity index (χ2v) is 4.55. The fraction of sp³-hybridized carbons (Fsp3) is 0.667. The maximum absolute atomic E-state index is 4.61. The van der Waals surface area contributed by atoms with Crippen LogP contribution in [0.1, 0.15) is 25.0 Å². The molecule has 88 valence electrons. The zero-order chi connectivity index (χ0) is 11.5. The summed E-state index contributed by atoms with van der Waals surface area (Å²) in [5.74, 6) is 1.40. The molecule has 1 fully saturated rings. The Morgan fingerprint density at radius 3 is 2.94 bits per heavy atom. The Labute approximate surface area is 97.3 Å². The van der Waals surface area contributed by atoms with Crippen LogP contribution in [0.5, 0.6) is 0 Å². The van der Waals surface area contributed by atoms with E-state index in [1.807, 2.05) is 25.2 Å². The summed E-state index contributed by atoms with van der Waals surface area (Å²) in [7, 11) is 3.96. The topological polar surface area (TPSA) is 32.3 Å². The lowest BCUT2D eigenvalue weighted by atomic mass is 10.1. The Balaban J connectivity index is 2.12. The van der Waals surface area contributed by atoms with E-state index in [0.717, 1.165) is 19.0 Å². The predicted octanol–water partition coefficient (Wildman–Crippen LogP) is 1.35. The van der Waals surface area contributed by atoms with Gasteiger partial charge in [0.25, 0.3) is 0 Å². The molecule has 16 heavy (non-hydrogen) atoms. The van der Waals surface area contributed by atoms with E-state index in [2.05, 4.69) is 27.9 Å². The summed E-state index contributed by atoms with van der Waals surface area (Å²) >= 11 is 0. The maximum atomic E-state index is 4.61. The van der Waals surface area contributed by atoms with Gasteiger partial charge in [-0.3, -0.25) is 0 Å². The number of aromatic nitrogens is 2. The zero-order valence-electron chi connectivity index (χ0n) is 10.3. The first kappa shape index (κ1) is 11.3. The van der Waals surface area contributed by atoms with Crippen LogP contribution >= 0.6 is 0 Å². The van der Waals surface area contributed by atoms with Gasteiger partial charge in [-0.25, -0.2) is 9.97 Å². The molecule has 1 atom stereocenters. The van der Waals surface area contributed by atoms with Gasteiger partial charge >= 0.3 is 0 Å². The summed E-state index contributed by atoms with van der Waals surface area (Å²) in [6, 6.07) is 2.05. The molecule has 1 aliphatic heterocycles. The second kappa shape index (κ2) is 4.78. The van der Waals surface area contributed by atoms with Crippen molar-refractivity contribution in [3.05, 3.63) is 18.0 Å². The van der Waals surface area contributed by atoms with Crippen molar-refractivity contribution in [3.63, 3.8) is 0 Å². The quantitative estimate of drug-likeness (QED) is 0.769. The largest absolute Gasteiger partial charge is 0.347 e. The smallest absolute Gasteiger partial charge is 0.224 e. The Morgan fingerprint density at radius 2 is 2.31 bits per heavy atom. The van der Waals surface area contributed by atoms with Crippen LogP contribution in [0, 0.1) is 0 Å².